The Morgan fingerprint density at radius 1 is 0.875 bits per heavy atom. The lowest BCUT2D eigenvalue weighted by atomic mass is 9.99. The minimum atomic E-state index is -1.51. The van der Waals surface area contributed by atoms with Gasteiger partial charge in [-0.15, -0.1) is 0 Å². The van der Waals surface area contributed by atoms with Crippen LogP contribution in [0.3, 0.4) is 0 Å². The van der Waals surface area contributed by atoms with Crippen molar-refractivity contribution in [2.24, 2.45) is 5.73 Å². The molecule has 7 atom stereocenters. The van der Waals surface area contributed by atoms with E-state index in [9.17, 15) is 25.5 Å². The van der Waals surface area contributed by atoms with Crippen molar-refractivity contribution in [1.29, 1.82) is 0 Å². The first-order valence-electron chi connectivity index (χ1n) is 12.1. The summed E-state index contributed by atoms with van der Waals surface area (Å²) in [6.45, 7) is 1.57. The largest absolute Gasteiger partial charge is 0.394 e. The average molecular weight is 460 g/mol. The van der Waals surface area contributed by atoms with Crippen LogP contribution in [-0.4, -0.2) is 81.6 Å². The fraction of sp³-hybridized carbons (Fsp3) is 0.833. The molecule has 5 unspecified atom stereocenters. The normalized spacial score (nSPS) is 28.5. The smallest absolute Gasteiger partial charge is 0.186 e. The van der Waals surface area contributed by atoms with E-state index in [1.807, 2.05) is 6.08 Å². The van der Waals surface area contributed by atoms with E-state index in [-0.39, 0.29) is 6.61 Å². The van der Waals surface area contributed by atoms with Crippen LogP contribution in [0.5, 0.6) is 0 Å². The summed E-state index contributed by atoms with van der Waals surface area (Å²) >= 11 is 0. The molecule has 0 aromatic carbocycles. The first kappa shape index (κ1) is 29.2. The average Bonchev–Trinajstić information content (AvgIpc) is 2.79. The molecule has 0 amide bonds. The lowest BCUT2D eigenvalue weighted by Gasteiger charge is -2.39. The van der Waals surface area contributed by atoms with Crippen LogP contribution in [0.15, 0.2) is 24.3 Å². The Hall–Kier alpha value is -0.840. The number of aliphatic hydroxyl groups excluding tert-OH is 5. The Morgan fingerprint density at radius 3 is 2.19 bits per heavy atom. The van der Waals surface area contributed by atoms with E-state index in [1.54, 1.807) is 6.08 Å². The molecule has 0 aromatic rings. The van der Waals surface area contributed by atoms with Crippen molar-refractivity contribution in [2.45, 2.75) is 114 Å². The van der Waals surface area contributed by atoms with Gasteiger partial charge in [0.05, 0.1) is 25.4 Å². The number of unbranched alkanes of at least 4 members (excludes halogenated alkanes) is 8. The highest BCUT2D eigenvalue weighted by molar-refractivity contribution is 4.96. The van der Waals surface area contributed by atoms with Crippen LogP contribution in [0.2, 0.25) is 0 Å². The van der Waals surface area contributed by atoms with Crippen LogP contribution >= 0.6 is 0 Å². The van der Waals surface area contributed by atoms with Crippen LogP contribution in [0.4, 0.5) is 0 Å². The van der Waals surface area contributed by atoms with E-state index < -0.39 is 49.5 Å². The Balaban J connectivity index is 2.16. The summed E-state index contributed by atoms with van der Waals surface area (Å²) in [6.07, 6.45) is 12.2. The monoisotopic (exact) mass is 459 g/mol. The molecule has 1 fully saturated rings. The molecule has 0 bridgehead atoms. The topological polar surface area (TPSA) is 146 Å². The molecule has 188 valence electrons. The standard InChI is InChI=1S/C24H45NO7/c1-2-3-4-5-6-7-8-9-10-11-12-13-14-15-19(27)18(25)17-31-24-23(30)22(29)21(28)20(16-26)32-24/h10-11,14-15,18-24,26-30H,2-9,12-13,16-17,25H2,1H3/b11-10+,15-14+/t18-,19+,20?,21?,22?,23?,24?/m0/s1. The van der Waals surface area contributed by atoms with Gasteiger partial charge < -0.3 is 40.7 Å². The van der Waals surface area contributed by atoms with Gasteiger partial charge in [-0.2, -0.15) is 0 Å². The zero-order chi connectivity index (χ0) is 23.8. The molecule has 1 saturated heterocycles. The van der Waals surface area contributed by atoms with E-state index >= 15 is 0 Å². The molecule has 1 aliphatic heterocycles. The molecule has 1 aliphatic rings. The SMILES string of the molecule is CCCCCCCCC/C=C/CC/C=C/[C@@H](O)[C@@H](N)COC1OC(CO)C(O)C(O)C1O. The molecular formula is C24H45NO7. The van der Waals surface area contributed by atoms with Crippen molar-refractivity contribution in [2.75, 3.05) is 13.2 Å². The number of rotatable bonds is 17. The molecule has 0 saturated carbocycles. The fourth-order valence-electron chi connectivity index (χ4n) is 3.54. The summed E-state index contributed by atoms with van der Waals surface area (Å²) in [6, 6.07) is -0.758. The molecule has 7 N–H and O–H groups in total. The van der Waals surface area contributed by atoms with Gasteiger partial charge in [0, 0.05) is 0 Å². The lowest BCUT2D eigenvalue weighted by molar-refractivity contribution is -0.302. The summed E-state index contributed by atoms with van der Waals surface area (Å²) < 4.78 is 10.6. The molecule has 1 heterocycles. The third-order valence-corrected chi connectivity index (χ3v) is 5.71. The van der Waals surface area contributed by atoms with E-state index in [0.717, 1.165) is 19.3 Å². The Bertz CT molecular complexity index is 515. The molecule has 0 radical (unpaired) electrons. The third kappa shape index (κ3) is 11.3. The highest BCUT2D eigenvalue weighted by Crippen LogP contribution is 2.22. The van der Waals surface area contributed by atoms with Crippen LogP contribution in [0.25, 0.3) is 0 Å². The molecule has 32 heavy (non-hydrogen) atoms. The second-order valence-electron chi connectivity index (χ2n) is 8.57. The number of allylic oxidation sites excluding steroid dienone is 3. The summed E-state index contributed by atoms with van der Waals surface area (Å²) in [5.74, 6) is 0. The van der Waals surface area contributed by atoms with Gasteiger partial charge in [0.15, 0.2) is 6.29 Å². The third-order valence-electron chi connectivity index (χ3n) is 5.71. The predicted octanol–water partition coefficient (Wildman–Crippen LogP) is 1.52. The quantitative estimate of drug-likeness (QED) is 0.142. The predicted molar refractivity (Wildman–Crippen MR) is 124 cm³/mol. The van der Waals surface area contributed by atoms with E-state index in [1.165, 1.54) is 44.9 Å². The molecule has 8 heteroatoms. The number of ether oxygens (including phenoxy) is 2. The van der Waals surface area contributed by atoms with Gasteiger partial charge in [-0.3, -0.25) is 0 Å². The van der Waals surface area contributed by atoms with E-state index in [2.05, 4.69) is 19.1 Å². The van der Waals surface area contributed by atoms with Crippen molar-refractivity contribution in [3.05, 3.63) is 24.3 Å². The summed E-state index contributed by atoms with van der Waals surface area (Å²) in [7, 11) is 0. The van der Waals surface area contributed by atoms with Gasteiger partial charge in [0.2, 0.25) is 0 Å². The van der Waals surface area contributed by atoms with Crippen molar-refractivity contribution < 1.29 is 35.0 Å². The van der Waals surface area contributed by atoms with Crippen molar-refractivity contribution in [1.82, 2.24) is 0 Å². The van der Waals surface area contributed by atoms with Gasteiger partial charge in [0.25, 0.3) is 0 Å². The van der Waals surface area contributed by atoms with Crippen molar-refractivity contribution >= 4 is 0 Å². The number of aliphatic hydroxyl groups is 5. The van der Waals surface area contributed by atoms with Gasteiger partial charge in [0.1, 0.15) is 24.4 Å². The van der Waals surface area contributed by atoms with Gasteiger partial charge >= 0.3 is 0 Å². The Morgan fingerprint density at radius 2 is 1.50 bits per heavy atom. The molecule has 8 nitrogen and oxygen atoms in total. The number of nitrogens with two attached hydrogens (primary N) is 1. The molecule has 1 rings (SSSR count). The van der Waals surface area contributed by atoms with Crippen LogP contribution in [0.1, 0.15) is 71.1 Å². The highest BCUT2D eigenvalue weighted by Gasteiger charge is 2.44. The lowest BCUT2D eigenvalue weighted by Crippen LogP contribution is -2.59. The molecule has 0 aromatic heterocycles. The second kappa shape index (κ2) is 17.6. The Labute approximate surface area is 192 Å². The van der Waals surface area contributed by atoms with Crippen LogP contribution in [-0.2, 0) is 9.47 Å². The highest BCUT2D eigenvalue weighted by atomic mass is 16.7. The zero-order valence-electron chi connectivity index (χ0n) is 19.5. The maximum atomic E-state index is 10.1. The Kier molecular flexibility index (Phi) is 16.1. The van der Waals surface area contributed by atoms with E-state index in [4.69, 9.17) is 15.2 Å². The number of hydrogen-bond acceptors (Lipinski definition) is 8. The van der Waals surface area contributed by atoms with E-state index in [0.29, 0.717) is 0 Å². The summed E-state index contributed by atoms with van der Waals surface area (Å²) in [5, 5.41) is 48.8. The van der Waals surface area contributed by atoms with Crippen molar-refractivity contribution in [3.8, 4) is 0 Å². The minimum Gasteiger partial charge on any atom is -0.394 e. The molecule has 0 aliphatic carbocycles. The van der Waals surface area contributed by atoms with Crippen LogP contribution < -0.4 is 5.73 Å². The maximum absolute atomic E-state index is 10.1. The molecular weight excluding hydrogens is 414 g/mol. The number of hydrogen-bond donors (Lipinski definition) is 6. The van der Waals surface area contributed by atoms with Gasteiger partial charge in [-0.1, -0.05) is 69.8 Å². The molecule has 0 spiro atoms. The zero-order valence-corrected chi connectivity index (χ0v) is 19.5. The van der Waals surface area contributed by atoms with Crippen LogP contribution in [0, 0.1) is 0 Å². The van der Waals surface area contributed by atoms with Gasteiger partial charge in [-0.05, 0) is 25.7 Å². The van der Waals surface area contributed by atoms with Crippen molar-refractivity contribution in [3.63, 3.8) is 0 Å². The minimum absolute atomic E-state index is 0.132. The summed E-state index contributed by atoms with van der Waals surface area (Å²) in [4.78, 5) is 0. The van der Waals surface area contributed by atoms with Gasteiger partial charge in [-0.25, -0.2) is 0 Å². The maximum Gasteiger partial charge on any atom is 0.186 e. The fourth-order valence-corrected chi connectivity index (χ4v) is 3.54. The first-order chi connectivity index (χ1) is 15.4. The first-order valence-corrected chi connectivity index (χ1v) is 12.1. The summed E-state index contributed by atoms with van der Waals surface area (Å²) in [5.41, 5.74) is 5.92. The second-order valence-corrected chi connectivity index (χ2v) is 8.57.